The molecule has 2 aliphatic rings. The van der Waals surface area contributed by atoms with Crippen LogP contribution in [0.1, 0.15) is 17.5 Å². The highest BCUT2D eigenvalue weighted by molar-refractivity contribution is 5.91. The molecular weight excluding hydrogens is 632 g/mol. The normalized spacial score (nSPS) is 26.4. The Labute approximate surface area is 276 Å². The number of ether oxygens (including phenoxy) is 6. The fourth-order valence-corrected chi connectivity index (χ4v) is 4.99. The predicted octanol–water partition coefficient (Wildman–Crippen LogP) is 0.897. The third-order valence-corrected chi connectivity index (χ3v) is 7.61. The quantitative estimate of drug-likeness (QED) is 0.0869. The molecule has 14 heteroatoms. The van der Waals surface area contributed by atoms with E-state index >= 15 is 0 Å². The van der Waals surface area contributed by atoms with E-state index in [0.717, 1.165) is 24.5 Å². The fourth-order valence-electron chi connectivity index (χ4n) is 4.99. The van der Waals surface area contributed by atoms with E-state index in [-0.39, 0.29) is 30.1 Å². The topological polar surface area (TPSA) is 208 Å². The van der Waals surface area contributed by atoms with Crippen molar-refractivity contribution in [2.75, 3.05) is 26.9 Å². The molecule has 0 amide bonds. The van der Waals surface area contributed by atoms with Gasteiger partial charge in [-0.15, -0.1) is 0 Å². The Bertz CT molecular complexity index is 1470. The van der Waals surface area contributed by atoms with Crippen molar-refractivity contribution >= 4 is 24.0 Å². The van der Waals surface area contributed by atoms with E-state index in [0.29, 0.717) is 6.42 Å². The van der Waals surface area contributed by atoms with Gasteiger partial charge < -0.3 is 54.0 Å². The largest absolute Gasteiger partial charge is 0.508 e. The lowest BCUT2D eigenvalue weighted by atomic mass is 9.86. The molecule has 2 aromatic rings. The molecule has 0 spiro atoms. The number of benzene rings is 2. The molecule has 0 saturated carbocycles. The number of methoxy groups -OCH3 is 1. The monoisotopic (exact) mass is 670 g/mol. The standard InChI is InChI=1S/C34H38O14/c1-43-32(42)25-19-46-33(48-34-31(41)30(40)29(39)26(18-35)47-34)23(14-16-44-27(37)12-9-20-5-3-2-4-6-20)24(25)17-28(38)45-15-13-21-7-10-22(36)11-8-21/h2-12,14,19,24,26,29-31,33-36,39-41H,13,15-18H2,1H3/b12-9+,23-14-/t24-,26+,29+,30-,31+,33-,34-/m0/s1. The van der Waals surface area contributed by atoms with Crippen LogP contribution in [0.2, 0.25) is 0 Å². The Morgan fingerprint density at radius 1 is 0.938 bits per heavy atom. The summed E-state index contributed by atoms with van der Waals surface area (Å²) >= 11 is 0. The first-order valence-corrected chi connectivity index (χ1v) is 15.0. The summed E-state index contributed by atoms with van der Waals surface area (Å²) in [4.78, 5) is 38.3. The van der Waals surface area contributed by atoms with Gasteiger partial charge in [0.2, 0.25) is 6.29 Å². The molecule has 14 nitrogen and oxygen atoms in total. The van der Waals surface area contributed by atoms with E-state index in [1.165, 1.54) is 24.3 Å². The average molecular weight is 671 g/mol. The summed E-state index contributed by atoms with van der Waals surface area (Å²) < 4.78 is 32.6. The summed E-state index contributed by atoms with van der Waals surface area (Å²) in [6, 6.07) is 15.4. The molecule has 0 bridgehead atoms. The van der Waals surface area contributed by atoms with Gasteiger partial charge in [-0.3, -0.25) is 4.79 Å². The van der Waals surface area contributed by atoms with Crippen LogP contribution < -0.4 is 0 Å². The zero-order valence-corrected chi connectivity index (χ0v) is 26.0. The van der Waals surface area contributed by atoms with Crippen molar-refractivity contribution in [2.45, 2.75) is 49.8 Å². The molecule has 48 heavy (non-hydrogen) atoms. The number of carbonyl (C=O) groups is 3. The number of aliphatic hydroxyl groups excluding tert-OH is 4. The molecule has 2 aliphatic heterocycles. The smallest absolute Gasteiger partial charge is 0.337 e. The summed E-state index contributed by atoms with van der Waals surface area (Å²) in [5, 5.41) is 50.1. The molecule has 4 rings (SSSR count). The number of hydrogen-bond acceptors (Lipinski definition) is 14. The van der Waals surface area contributed by atoms with Gasteiger partial charge >= 0.3 is 17.9 Å². The second-order valence-corrected chi connectivity index (χ2v) is 10.8. The number of hydrogen-bond donors (Lipinski definition) is 5. The Morgan fingerprint density at radius 2 is 1.67 bits per heavy atom. The number of phenolic OH excluding ortho intramolecular Hbond substituents is 1. The van der Waals surface area contributed by atoms with Crippen LogP contribution in [0.5, 0.6) is 5.75 Å². The van der Waals surface area contributed by atoms with Gasteiger partial charge in [-0.05, 0) is 35.4 Å². The third kappa shape index (κ3) is 9.73. The third-order valence-electron chi connectivity index (χ3n) is 7.61. The maximum atomic E-state index is 13.1. The lowest BCUT2D eigenvalue weighted by Gasteiger charge is -2.42. The summed E-state index contributed by atoms with van der Waals surface area (Å²) in [5.41, 5.74) is 1.56. The van der Waals surface area contributed by atoms with Crippen molar-refractivity contribution in [3.63, 3.8) is 0 Å². The highest BCUT2D eigenvalue weighted by Crippen LogP contribution is 2.36. The van der Waals surface area contributed by atoms with Crippen LogP contribution in [0.25, 0.3) is 6.08 Å². The summed E-state index contributed by atoms with van der Waals surface area (Å²) in [7, 11) is 1.14. The molecule has 2 heterocycles. The van der Waals surface area contributed by atoms with E-state index in [2.05, 4.69) is 0 Å². The number of aliphatic hydroxyl groups is 4. The minimum absolute atomic E-state index is 0.0146. The van der Waals surface area contributed by atoms with Crippen molar-refractivity contribution in [1.29, 1.82) is 0 Å². The zero-order chi connectivity index (χ0) is 34.6. The summed E-state index contributed by atoms with van der Waals surface area (Å²) in [5.74, 6) is -3.25. The van der Waals surface area contributed by atoms with Gasteiger partial charge in [-0.2, -0.15) is 0 Å². The Morgan fingerprint density at radius 3 is 2.35 bits per heavy atom. The maximum absolute atomic E-state index is 13.1. The van der Waals surface area contributed by atoms with Crippen LogP contribution in [0.4, 0.5) is 0 Å². The first kappa shape index (κ1) is 36.3. The van der Waals surface area contributed by atoms with Crippen molar-refractivity contribution in [3.05, 3.63) is 95.3 Å². The van der Waals surface area contributed by atoms with Crippen LogP contribution in [-0.2, 0) is 49.2 Å². The van der Waals surface area contributed by atoms with Gasteiger partial charge in [0.15, 0.2) is 6.29 Å². The lowest BCUT2D eigenvalue weighted by molar-refractivity contribution is -0.327. The second-order valence-electron chi connectivity index (χ2n) is 10.8. The Kier molecular flexibility index (Phi) is 13.3. The van der Waals surface area contributed by atoms with Gasteiger partial charge in [-0.1, -0.05) is 42.5 Å². The van der Waals surface area contributed by atoms with E-state index in [9.17, 15) is 39.9 Å². The van der Waals surface area contributed by atoms with Gasteiger partial charge in [0, 0.05) is 24.0 Å². The summed E-state index contributed by atoms with van der Waals surface area (Å²) in [6.45, 7) is -1.10. The number of carbonyl (C=O) groups excluding carboxylic acids is 3. The second kappa shape index (κ2) is 17.5. The fraction of sp³-hybridized carbons (Fsp3) is 0.382. The van der Waals surface area contributed by atoms with Crippen molar-refractivity contribution in [1.82, 2.24) is 0 Å². The van der Waals surface area contributed by atoms with Gasteiger partial charge in [0.25, 0.3) is 0 Å². The first-order valence-electron chi connectivity index (χ1n) is 15.0. The van der Waals surface area contributed by atoms with Gasteiger partial charge in [-0.25, -0.2) is 9.59 Å². The lowest BCUT2D eigenvalue weighted by Crippen LogP contribution is -2.60. The average Bonchev–Trinajstić information content (AvgIpc) is 3.09. The van der Waals surface area contributed by atoms with Crippen LogP contribution in [0, 0.1) is 5.92 Å². The maximum Gasteiger partial charge on any atom is 0.337 e. The molecule has 258 valence electrons. The van der Waals surface area contributed by atoms with Crippen LogP contribution in [0.3, 0.4) is 0 Å². The van der Waals surface area contributed by atoms with Crippen molar-refractivity contribution < 1.29 is 68.3 Å². The number of esters is 3. The predicted molar refractivity (Wildman–Crippen MR) is 165 cm³/mol. The van der Waals surface area contributed by atoms with E-state index in [4.69, 9.17) is 28.4 Å². The first-order chi connectivity index (χ1) is 23.1. The molecule has 7 atom stereocenters. The Hall–Kier alpha value is -4.57. The van der Waals surface area contributed by atoms with E-state index in [1.54, 1.807) is 42.5 Å². The van der Waals surface area contributed by atoms with E-state index in [1.807, 2.05) is 6.07 Å². The molecule has 0 unspecified atom stereocenters. The van der Waals surface area contributed by atoms with Gasteiger partial charge in [0.05, 0.1) is 38.6 Å². The van der Waals surface area contributed by atoms with Crippen LogP contribution >= 0.6 is 0 Å². The molecule has 0 radical (unpaired) electrons. The van der Waals surface area contributed by atoms with Crippen LogP contribution in [-0.4, -0.2) is 107 Å². The molecule has 2 aromatic carbocycles. The molecule has 1 saturated heterocycles. The Balaban J connectivity index is 1.55. The van der Waals surface area contributed by atoms with E-state index < -0.39 is 73.8 Å². The molecule has 0 aliphatic carbocycles. The van der Waals surface area contributed by atoms with Crippen molar-refractivity contribution in [2.24, 2.45) is 5.92 Å². The minimum Gasteiger partial charge on any atom is -0.508 e. The molecule has 0 aromatic heterocycles. The number of phenols is 1. The van der Waals surface area contributed by atoms with Crippen molar-refractivity contribution in [3.8, 4) is 5.75 Å². The molecular formula is C34H38O14. The number of rotatable bonds is 13. The number of aromatic hydroxyl groups is 1. The molecule has 5 N–H and O–H groups in total. The highest BCUT2D eigenvalue weighted by Gasteiger charge is 2.47. The summed E-state index contributed by atoms with van der Waals surface area (Å²) in [6.07, 6.45) is -4.53. The zero-order valence-electron chi connectivity index (χ0n) is 26.0. The van der Waals surface area contributed by atoms with Crippen LogP contribution in [0.15, 0.2) is 84.2 Å². The van der Waals surface area contributed by atoms with Gasteiger partial charge in [0.1, 0.15) is 36.8 Å². The minimum atomic E-state index is -1.79. The SMILES string of the molecule is COC(=O)C1=CO[C@@H](O[C@@H]2O[C@H](CO)[C@@H](O)[C@H](O)[C@H]2O)/C(=C\COC(=O)/C=C/c2ccccc2)[C@@H]1CC(=O)OCCc1ccc(O)cc1. The molecule has 1 fully saturated rings. The highest BCUT2D eigenvalue weighted by atomic mass is 16.8.